The first-order valence-corrected chi connectivity index (χ1v) is 6.89. The second-order valence-electron chi connectivity index (χ2n) is 4.17. The maximum Gasteiger partial charge on any atom is 0.254 e. The van der Waals surface area contributed by atoms with Crippen LogP contribution < -0.4 is 5.32 Å². The van der Waals surface area contributed by atoms with Crippen molar-refractivity contribution in [3.05, 3.63) is 47.0 Å². The highest BCUT2D eigenvalue weighted by atomic mass is 32.1. The van der Waals surface area contributed by atoms with Crippen LogP contribution >= 0.6 is 11.3 Å². The molecule has 0 saturated heterocycles. The predicted octanol–water partition coefficient (Wildman–Crippen LogP) is 2.71. The lowest BCUT2D eigenvalue weighted by Gasteiger charge is -2.07. The molecular formula is C14H16N2O2S. The van der Waals surface area contributed by atoms with Crippen LogP contribution in [0.15, 0.2) is 35.7 Å². The number of anilines is 1. The van der Waals surface area contributed by atoms with E-state index in [1.165, 1.54) is 24.0 Å². The lowest BCUT2D eigenvalue weighted by Crippen LogP contribution is -2.26. The number of aromatic nitrogens is 1. The highest BCUT2D eigenvalue weighted by Crippen LogP contribution is 2.18. The number of benzene rings is 1. The van der Waals surface area contributed by atoms with Crippen molar-refractivity contribution < 1.29 is 9.53 Å². The van der Waals surface area contributed by atoms with Crippen molar-refractivity contribution in [2.45, 2.75) is 19.4 Å². The molecule has 0 fully saturated rings. The number of carbonyl (C=O) groups is 1. The van der Waals surface area contributed by atoms with Crippen LogP contribution in [-0.2, 0) is 16.0 Å². The summed E-state index contributed by atoms with van der Waals surface area (Å²) in [5.41, 5.74) is 2.16. The van der Waals surface area contributed by atoms with Crippen LogP contribution in [0.2, 0.25) is 0 Å². The molecule has 100 valence electrons. The Bertz CT molecular complexity index is 539. The normalized spacial score (nSPS) is 12.1. The van der Waals surface area contributed by atoms with E-state index in [0.29, 0.717) is 5.13 Å². The van der Waals surface area contributed by atoms with Gasteiger partial charge in [0.1, 0.15) is 6.10 Å². The van der Waals surface area contributed by atoms with Gasteiger partial charge in [-0.3, -0.25) is 10.1 Å². The van der Waals surface area contributed by atoms with E-state index in [-0.39, 0.29) is 5.91 Å². The fourth-order valence-corrected chi connectivity index (χ4v) is 2.28. The molecule has 2 rings (SSSR count). The SMILES string of the molecule is COC(C)C(=O)Nc1nc(Cc2ccccc2)cs1. The Kier molecular flexibility index (Phi) is 4.65. The van der Waals surface area contributed by atoms with Gasteiger partial charge in [-0.25, -0.2) is 4.98 Å². The first-order chi connectivity index (χ1) is 9.19. The molecule has 0 aliphatic rings. The monoisotopic (exact) mass is 276 g/mol. The first kappa shape index (κ1) is 13.7. The maximum atomic E-state index is 11.6. The summed E-state index contributed by atoms with van der Waals surface area (Å²) in [5, 5.41) is 5.31. The van der Waals surface area contributed by atoms with E-state index >= 15 is 0 Å². The van der Waals surface area contributed by atoms with Gasteiger partial charge < -0.3 is 4.74 Å². The predicted molar refractivity (Wildman–Crippen MR) is 76.5 cm³/mol. The zero-order chi connectivity index (χ0) is 13.7. The van der Waals surface area contributed by atoms with Crippen LogP contribution in [0.4, 0.5) is 5.13 Å². The van der Waals surface area contributed by atoms with Crippen molar-refractivity contribution in [3.63, 3.8) is 0 Å². The lowest BCUT2D eigenvalue weighted by atomic mass is 10.1. The topological polar surface area (TPSA) is 51.2 Å². The van der Waals surface area contributed by atoms with Crippen molar-refractivity contribution in [1.82, 2.24) is 4.98 Å². The summed E-state index contributed by atoms with van der Waals surface area (Å²) in [6, 6.07) is 10.1. The Morgan fingerprint density at radius 3 is 2.84 bits per heavy atom. The lowest BCUT2D eigenvalue weighted by molar-refractivity contribution is -0.124. The maximum absolute atomic E-state index is 11.6. The van der Waals surface area contributed by atoms with Crippen molar-refractivity contribution in [2.24, 2.45) is 0 Å². The Balaban J connectivity index is 1.98. The molecular weight excluding hydrogens is 260 g/mol. The van der Waals surface area contributed by atoms with Gasteiger partial charge in [-0.1, -0.05) is 30.3 Å². The number of ether oxygens (including phenoxy) is 1. The van der Waals surface area contributed by atoms with E-state index in [0.717, 1.165) is 12.1 Å². The van der Waals surface area contributed by atoms with Crippen molar-refractivity contribution >= 4 is 22.4 Å². The van der Waals surface area contributed by atoms with Gasteiger partial charge in [0.15, 0.2) is 5.13 Å². The summed E-state index contributed by atoms with van der Waals surface area (Å²) < 4.78 is 4.95. The molecule has 0 aliphatic carbocycles. The summed E-state index contributed by atoms with van der Waals surface area (Å²) in [5.74, 6) is -0.178. The summed E-state index contributed by atoms with van der Waals surface area (Å²) in [6.07, 6.45) is 0.300. The van der Waals surface area contributed by atoms with Gasteiger partial charge in [-0.05, 0) is 12.5 Å². The third kappa shape index (κ3) is 3.87. The van der Waals surface area contributed by atoms with Gasteiger partial charge in [-0.15, -0.1) is 11.3 Å². The molecule has 5 heteroatoms. The molecule has 0 radical (unpaired) electrons. The number of thiazole rings is 1. The van der Waals surface area contributed by atoms with E-state index in [9.17, 15) is 4.79 Å². The molecule has 1 heterocycles. The van der Waals surface area contributed by atoms with E-state index < -0.39 is 6.10 Å². The van der Waals surface area contributed by atoms with Crippen LogP contribution in [0, 0.1) is 0 Å². The number of rotatable bonds is 5. The molecule has 0 bridgehead atoms. The van der Waals surface area contributed by atoms with E-state index in [2.05, 4.69) is 22.4 Å². The molecule has 0 saturated carbocycles. The largest absolute Gasteiger partial charge is 0.372 e. The number of hydrogen-bond donors (Lipinski definition) is 1. The van der Waals surface area contributed by atoms with Gasteiger partial charge in [0.25, 0.3) is 5.91 Å². The van der Waals surface area contributed by atoms with Crippen LogP contribution in [0.5, 0.6) is 0 Å². The molecule has 1 aromatic heterocycles. The number of nitrogens with zero attached hydrogens (tertiary/aromatic N) is 1. The minimum absolute atomic E-state index is 0.178. The number of hydrogen-bond acceptors (Lipinski definition) is 4. The van der Waals surface area contributed by atoms with E-state index in [1.54, 1.807) is 6.92 Å². The van der Waals surface area contributed by atoms with Crippen LogP contribution in [-0.4, -0.2) is 24.1 Å². The number of amides is 1. The Morgan fingerprint density at radius 1 is 1.42 bits per heavy atom. The summed E-state index contributed by atoms with van der Waals surface area (Å²) in [6.45, 7) is 1.70. The van der Waals surface area contributed by atoms with Gasteiger partial charge >= 0.3 is 0 Å². The minimum Gasteiger partial charge on any atom is -0.372 e. The Labute approximate surface area is 116 Å². The summed E-state index contributed by atoms with van der Waals surface area (Å²) in [4.78, 5) is 16.0. The summed E-state index contributed by atoms with van der Waals surface area (Å²) >= 11 is 1.43. The average molecular weight is 276 g/mol. The number of methoxy groups -OCH3 is 1. The summed E-state index contributed by atoms with van der Waals surface area (Å²) in [7, 11) is 1.51. The van der Waals surface area contributed by atoms with Crippen molar-refractivity contribution in [2.75, 3.05) is 12.4 Å². The Hall–Kier alpha value is -1.72. The van der Waals surface area contributed by atoms with Gasteiger partial charge in [-0.2, -0.15) is 0 Å². The zero-order valence-corrected chi connectivity index (χ0v) is 11.7. The van der Waals surface area contributed by atoms with Gasteiger partial charge in [0.05, 0.1) is 5.69 Å². The van der Waals surface area contributed by atoms with Crippen LogP contribution in [0.1, 0.15) is 18.2 Å². The number of carbonyl (C=O) groups excluding carboxylic acids is 1. The van der Waals surface area contributed by atoms with E-state index in [4.69, 9.17) is 4.74 Å². The fraction of sp³-hybridized carbons (Fsp3) is 0.286. The Morgan fingerprint density at radius 2 is 2.16 bits per heavy atom. The zero-order valence-electron chi connectivity index (χ0n) is 10.9. The highest BCUT2D eigenvalue weighted by Gasteiger charge is 2.13. The standard InChI is InChI=1S/C14H16N2O2S/c1-10(18-2)13(17)16-14-15-12(9-19-14)8-11-6-4-3-5-7-11/h3-7,9-10H,8H2,1-2H3,(H,15,16,17). The van der Waals surface area contributed by atoms with Gasteiger partial charge in [0, 0.05) is 18.9 Å². The van der Waals surface area contributed by atoms with E-state index in [1.807, 2.05) is 23.6 Å². The molecule has 19 heavy (non-hydrogen) atoms. The molecule has 0 aliphatic heterocycles. The molecule has 1 amide bonds. The second kappa shape index (κ2) is 6.45. The molecule has 1 unspecified atom stereocenters. The molecule has 1 atom stereocenters. The minimum atomic E-state index is -0.471. The average Bonchev–Trinajstić information content (AvgIpc) is 2.86. The molecule has 2 aromatic rings. The van der Waals surface area contributed by atoms with Crippen molar-refractivity contribution in [3.8, 4) is 0 Å². The highest BCUT2D eigenvalue weighted by molar-refractivity contribution is 7.13. The van der Waals surface area contributed by atoms with Gasteiger partial charge in [0.2, 0.25) is 0 Å². The molecule has 0 spiro atoms. The quantitative estimate of drug-likeness (QED) is 0.913. The third-order valence-corrected chi connectivity index (χ3v) is 3.54. The van der Waals surface area contributed by atoms with Crippen molar-refractivity contribution in [1.29, 1.82) is 0 Å². The number of nitrogens with one attached hydrogen (secondary N) is 1. The fourth-order valence-electron chi connectivity index (χ4n) is 1.56. The third-order valence-electron chi connectivity index (χ3n) is 2.73. The molecule has 1 aromatic carbocycles. The smallest absolute Gasteiger partial charge is 0.254 e. The van der Waals surface area contributed by atoms with Crippen LogP contribution in [0.25, 0.3) is 0 Å². The molecule has 4 nitrogen and oxygen atoms in total. The van der Waals surface area contributed by atoms with Crippen LogP contribution in [0.3, 0.4) is 0 Å². The second-order valence-corrected chi connectivity index (χ2v) is 5.03. The molecule has 1 N–H and O–H groups in total. The first-order valence-electron chi connectivity index (χ1n) is 6.01.